The molecule has 3 fully saturated rings. The molecule has 1 amide bonds. The summed E-state index contributed by atoms with van der Waals surface area (Å²) in [5.74, 6) is 1.50. The lowest BCUT2D eigenvalue weighted by Gasteiger charge is -2.37. The molecule has 2 N–H and O–H groups in total. The van der Waals surface area contributed by atoms with Gasteiger partial charge in [-0.05, 0) is 44.1 Å². The third-order valence-electron chi connectivity index (χ3n) is 5.38. The molecule has 0 unspecified atom stereocenters. The first kappa shape index (κ1) is 16.1. The number of nitrogens with one attached hydrogen (secondary N) is 2. The smallest absolute Gasteiger partial charge is 0.227 e. The van der Waals surface area contributed by atoms with Gasteiger partial charge in [0.1, 0.15) is 0 Å². The van der Waals surface area contributed by atoms with Gasteiger partial charge in [0.15, 0.2) is 0 Å². The second-order valence-corrected chi connectivity index (χ2v) is 6.50. The zero-order valence-corrected chi connectivity index (χ0v) is 13.0. The zero-order valence-electron chi connectivity index (χ0n) is 12.2. The molecule has 3 rings (SSSR count). The predicted octanol–water partition coefficient (Wildman–Crippen LogP) is 1.73. The van der Waals surface area contributed by atoms with E-state index in [9.17, 15) is 4.79 Å². The highest BCUT2D eigenvalue weighted by Crippen LogP contribution is 2.43. The van der Waals surface area contributed by atoms with Crippen LogP contribution in [-0.2, 0) is 9.53 Å². The molecule has 0 radical (unpaired) electrons. The van der Waals surface area contributed by atoms with Crippen molar-refractivity contribution in [3.05, 3.63) is 0 Å². The van der Waals surface area contributed by atoms with Gasteiger partial charge in [0.25, 0.3) is 0 Å². The summed E-state index contributed by atoms with van der Waals surface area (Å²) in [5.41, 5.74) is -0.0938. The van der Waals surface area contributed by atoms with Gasteiger partial charge in [-0.2, -0.15) is 0 Å². The van der Waals surface area contributed by atoms with Crippen molar-refractivity contribution in [1.82, 2.24) is 10.6 Å². The molecule has 0 bridgehead atoms. The van der Waals surface area contributed by atoms with Gasteiger partial charge < -0.3 is 15.4 Å². The van der Waals surface area contributed by atoms with E-state index in [0.717, 1.165) is 52.1 Å². The van der Waals surface area contributed by atoms with Crippen molar-refractivity contribution in [2.75, 3.05) is 32.8 Å². The first-order valence-corrected chi connectivity index (χ1v) is 7.88. The molecule has 20 heavy (non-hydrogen) atoms. The Bertz CT molecular complexity index is 334. The maximum absolute atomic E-state index is 12.7. The summed E-state index contributed by atoms with van der Waals surface area (Å²) in [6.07, 6.45) is 6.98. The second-order valence-electron chi connectivity index (χ2n) is 6.50. The number of hydrogen-bond donors (Lipinski definition) is 2. The normalized spacial score (nSPS) is 34.1. The lowest BCUT2D eigenvalue weighted by Crippen LogP contribution is -2.49. The molecule has 1 saturated carbocycles. The van der Waals surface area contributed by atoms with E-state index in [0.29, 0.717) is 17.7 Å². The Morgan fingerprint density at radius 2 is 2.05 bits per heavy atom. The molecule has 2 heterocycles. The summed E-state index contributed by atoms with van der Waals surface area (Å²) < 4.78 is 5.37. The number of amides is 1. The maximum atomic E-state index is 12.7. The molecule has 2 aliphatic heterocycles. The predicted molar refractivity (Wildman–Crippen MR) is 81.1 cm³/mol. The quantitative estimate of drug-likeness (QED) is 0.835. The summed E-state index contributed by atoms with van der Waals surface area (Å²) in [6, 6.07) is 0. The number of carbonyl (C=O) groups excluding carboxylic acids is 1. The molecular formula is C15H27ClN2O2. The van der Waals surface area contributed by atoms with Crippen molar-refractivity contribution in [3.63, 3.8) is 0 Å². The molecule has 0 aromatic heterocycles. The SMILES string of the molecule is Cl.O=C(NCC1CCOCC1)[C@@]12CCCC[C@H]1CNC2. The van der Waals surface area contributed by atoms with Crippen LogP contribution in [0.5, 0.6) is 0 Å². The number of fused-ring (bicyclic) bond motifs is 1. The van der Waals surface area contributed by atoms with Gasteiger partial charge in [0, 0.05) is 26.3 Å². The summed E-state index contributed by atoms with van der Waals surface area (Å²) >= 11 is 0. The topological polar surface area (TPSA) is 50.4 Å². The van der Waals surface area contributed by atoms with Crippen LogP contribution in [0.1, 0.15) is 38.5 Å². The van der Waals surface area contributed by atoms with E-state index in [-0.39, 0.29) is 17.8 Å². The van der Waals surface area contributed by atoms with Crippen molar-refractivity contribution in [2.24, 2.45) is 17.3 Å². The van der Waals surface area contributed by atoms with Gasteiger partial charge in [-0.15, -0.1) is 12.4 Å². The highest BCUT2D eigenvalue weighted by atomic mass is 35.5. The van der Waals surface area contributed by atoms with E-state index in [1.165, 1.54) is 19.3 Å². The highest BCUT2D eigenvalue weighted by molar-refractivity contribution is 5.85. The molecule has 0 aromatic rings. The van der Waals surface area contributed by atoms with Crippen LogP contribution in [0.3, 0.4) is 0 Å². The maximum Gasteiger partial charge on any atom is 0.227 e. The minimum atomic E-state index is -0.0938. The van der Waals surface area contributed by atoms with E-state index in [2.05, 4.69) is 10.6 Å². The monoisotopic (exact) mass is 302 g/mol. The van der Waals surface area contributed by atoms with Gasteiger partial charge in [-0.25, -0.2) is 0 Å². The molecule has 0 aromatic carbocycles. The molecule has 4 nitrogen and oxygen atoms in total. The van der Waals surface area contributed by atoms with E-state index < -0.39 is 0 Å². The number of rotatable bonds is 3. The van der Waals surface area contributed by atoms with Gasteiger partial charge in [-0.3, -0.25) is 4.79 Å². The van der Waals surface area contributed by atoms with Crippen LogP contribution in [0.4, 0.5) is 0 Å². The lowest BCUT2D eigenvalue weighted by atomic mass is 9.67. The van der Waals surface area contributed by atoms with Gasteiger partial charge in [-0.1, -0.05) is 12.8 Å². The van der Waals surface area contributed by atoms with E-state index in [1.54, 1.807) is 0 Å². The number of halogens is 1. The fourth-order valence-corrected chi connectivity index (χ4v) is 4.05. The Balaban J connectivity index is 0.00000147. The van der Waals surface area contributed by atoms with Crippen LogP contribution >= 0.6 is 12.4 Å². The number of ether oxygens (including phenoxy) is 1. The molecule has 3 aliphatic rings. The third kappa shape index (κ3) is 3.12. The summed E-state index contributed by atoms with van der Waals surface area (Å²) in [6.45, 7) is 4.48. The largest absolute Gasteiger partial charge is 0.381 e. The highest BCUT2D eigenvalue weighted by Gasteiger charge is 2.49. The third-order valence-corrected chi connectivity index (χ3v) is 5.38. The summed E-state index contributed by atoms with van der Waals surface area (Å²) in [7, 11) is 0. The van der Waals surface area contributed by atoms with E-state index >= 15 is 0 Å². The molecule has 1 aliphatic carbocycles. The van der Waals surface area contributed by atoms with Crippen LogP contribution in [-0.4, -0.2) is 38.8 Å². The average Bonchev–Trinajstić information content (AvgIpc) is 2.91. The van der Waals surface area contributed by atoms with Gasteiger partial charge >= 0.3 is 0 Å². The number of carbonyl (C=O) groups is 1. The van der Waals surface area contributed by atoms with Crippen molar-refractivity contribution < 1.29 is 9.53 Å². The van der Waals surface area contributed by atoms with E-state index in [1.807, 2.05) is 0 Å². The van der Waals surface area contributed by atoms with E-state index in [4.69, 9.17) is 4.74 Å². The second kappa shape index (κ2) is 7.10. The van der Waals surface area contributed by atoms with Crippen LogP contribution in [0, 0.1) is 17.3 Å². The summed E-state index contributed by atoms with van der Waals surface area (Å²) in [5, 5.41) is 6.69. The fraction of sp³-hybridized carbons (Fsp3) is 0.933. The van der Waals surface area contributed by atoms with Crippen LogP contribution in [0.2, 0.25) is 0 Å². The lowest BCUT2D eigenvalue weighted by molar-refractivity contribution is -0.134. The van der Waals surface area contributed by atoms with Crippen LogP contribution in [0.25, 0.3) is 0 Å². The van der Waals surface area contributed by atoms with Crippen LogP contribution < -0.4 is 10.6 Å². The molecule has 2 saturated heterocycles. The number of hydrogen-bond acceptors (Lipinski definition) is 3. The minimum Gasteiger partial charge on any atom is -0.381 e. The van der Waals surface area contributed by atoms with Gasteiger partial charge in [0.05, 0.1) is 5.41 Å². The minimum absolute atomic E-state index is 0. The first-order chi connectivity index (χ1) is 9.31. The molecule has 2 atom stereocenters. The van der Waals surface area contributed by atoms with Crippen molar-refractivity contribution in [1.29, 1.82) is 0 Å². The van der Waals surface area contributed by atoms with Crippen LogP contribution in [0.15, 0.2) is 0 Å². The Hall–Kier alpha value is -0.320. The molecule has 0 spiro atoms. The molecule has 5 heteroatoms. The molecule has 116 valence electrons. The van der Waals surface area contributed by atoms with Crippen molar-refractivity contribution >= 4 is 18.3 Å². The molecular weight excluding hydrogens is 276 g/mol. The first-order valence-electron chi connectivity index (χ1n) is 7.88. The fourth-order valence-electron chi connectivity index (χ4n) is 4.05. The van der Waals surface area contributed by atoms with Gasteiger partial charge in [0.2, 0.25) is 5.91 Å². The Morgan fingerprint density at radius 3 is 2.85 bits per heavy atom. The van der Waals surface area contributed by atoms with Crippen molar-refractivity contribution in [2.45, 2.75) is 38.5 Å². The standard InChI is InChI=1S/C15H26N2O2.ClH/c18-14(17-9-12-4-7-19-8-5-12)15-6-2-1-3-13(15)10-16-11-15;/h12-13,16H,1-11H2,(H,17,18);1H/t13-,15+;/m0./s1. The van der Waals surface area contributed by atoms with Crippen molar-refractivity contribution in [3.8, 4) is 0 Å². The Morgan fingerprint density at radius 1 is 1.25 bits per heavy atom. The summed E-state index contributed by atoms with van der Waals surface area (Å²) in [4.78, 5) is 12.7. The Kier molecular flexibility index (Phi) is 5.70. The average molecular weight is 303 g/mol. The Labute approximate surface area is 127 Å². The zero-order chi connectivity index (χ0) is 13.1.